The third-order valence-electron chi connectivity index (χ3n) is 3.39. The predicted molar refractivity (Wildman–Crippen MR) is 83.6 cm³/mol. The van der Waals surface area contributed by atoms with Crippen LogP contribution in [-0.2, 0) is 0 Å². The van der Waals surface area contributed by atoms with Gasteiger partial charge in [-0.25, -0.2) is 5.43 Å². The lowest BCUT2D eigenvalue weighted by atomic mass is 9.95. The van der Waals surface area contributed by atoms with Crippen molar-refractivity contribution in [3.8, 4) is 0 Å². The van der Waals surface area contributed by atoms with Crippen LogP contribution in [0.1, 0.15) is 28.3 Å². The average Bonchev–Trinajstić information content (AvgIpc) is 2.38. The molecule has 2 aromatic rings. The maximum atomic E-state index is 6.05. The third-order valence-corrected chi connectivity index (χ3v) is 3.88. The number of nitrogen functional groups attached to an aromatic ring is 1. The summed E-state index contributed by atoms with van der Waals surface area (Å²) in [5, 5.41) is 0. The van der Waals surface area contributed by atoms with Crippen LogP contribution >= 0.6 is 15.9 Å². The van der Waals surface area contributed by atoms with Crippen LogP contribution < -0.4 is 17.0 Å². The van der Waals surface area contributed by atoms with E-state index in [2.05, 4.69) is 53.4 Å². The molecule has 0 aliphatic rings. The maximum Gasteiger partial charge on any atom is 0.0730 e. The van der Waals surface area contributed by atoms with Gasteiger partial charge in [-0.15, -0.1) is 0 Å². The lowest BCUT2D eigenvalue weighted by Gasteiger charge is -2.20. The summed E-state index contributed by atoms with van der Waals surface area (Å²) in [6, 6.07) is 12.0. The summed E-state index contributed by atoms with van der Waals surface area (Å²) in [5.74, 6) is 5.72. The number of hydrogen-bond acceptors (Lipinski definition) is 3. The summed E-state index contributed by atoms with van der Waals surface area (Å²) >= 11 is 3.47. The van der Waals surface area contributed by atoms with Gasteiger partial charge in [0.1, 0.15) is 0 Å². The van der Waals surface area contributed by atoms with Crippen LogP contribution in [-0.4, -0.2) is 0 Å². The quantitative estimate of drug-likeness (QED) is 0.462. The molecule has 1 unspecified atom stereocenters. The van der Waals surface area contributed by atoms with Crippen molar-refractivity contribution in [3.05, 3.63) is 63.1 Å². The zero-order valence-corrected chi connectivity index (χ0v) is 12.7. The van der Waals surface area contributed by atoms with Crippen molar-refractivity contribution >= 4 is 21.6 Å². The summed E-state index contributed by atoms with van der Waals surface area (Å²) in [6.07, 6.45) is 0. The van der Waals surface area contributed by atoms with Gasteiger partial charge in [0.2, 0.25) is 0 Å². The lowest BCUT2D eigenvalue weighted by Crippen LogP contribution is -2.29. The smallest absolute Gasteiger partial charge is 0.0730 e. The van der Waals surface area contributed by atoms with E-state index in [1.54, 1.807) is 0 Å². The second-order valence-corrected chi connectivity index (χ2v) is 5.63. The van der Waals surface area contributed by atoms with Gasteiger partial charge in [-0.05, 0) is 54.3 Å². The summed E-state index contributed by atoms with van der Waals surface area (Å²) in [7, 11) is 0. The molecule has 19 heavy (non-hydrogen) atoms. The second-order valence-electron chi connectivity index (χ2n) is 4.72. The van der Waals surface area contributed by atoms with Gasteiger partial charge in [0.25, 0.3) is 0 Å². The number of nitrogens with one attached hydrogen (secondary N) is 1. The van der Waals surface area contributed by atoms with Crippen molar-refractivity contribution in [1.82, 2.24) is 5.43 Å². The van der Waals surface area contributed by atoms with Crippen LogP contribution in [0.2, 0.25) is 0 Å². The Hall–Kier alpha value is -1.36. The van der Waals surface area contributed by atoms with E-state index in [0.29, 0.717) is 0 Å². The molecule has 0 radical (unpaired) electrons. The fraction of sp³-hybridized carbons (Fsp3) is 0.200. The topological polar surface area (TPSA) is 64.1 Å². The Morgan fingerprint density at radius 2 is 1.79 bits per heavy atom. The first-order valence-electron chi connectivity index (χ1n) is 6.11. The molecule has 2 aromatic carbocycles. The Bertz CT molecular complexity index is 596. The van der Waals surface area contributed by atoms with E-state index in [-0.39, 0.29) is 6.04 Å². The molecule has 0 fully saturated rings. The monoisotopic (exact) mass is 319 g/mol. The SMILES string of the molecule is Cc1ccc(C(NN)c2cc(Br)ccc2N)cc1C. The van der Waals surface area contributed by atoms with Crippen molar-refractivity contribution in [2.75, 3.05) is 5.73 Å². The van der Waals surface area contributed by atoms with Crippen molar-refractivity contribution in [3.63, 3.8) is 0 Å². The first kappa shape index (κ1) is 14.1. The van der Waals surface area contributed by atoms with E-state index < -0.39 is 0 Å². The average molecular weight is 320 g/mol. The van der Waals surface area contributed by atoms with Crippen LogP contribution in [0.15, 0.2) is 40.9 Å². The molecule has 100 valence electrons. The van der Waals surface area contributed by atoms with Gasteiger partial charge in [-0.1, -0.05) is 34.1 Å². The van der Waals surface area contributed by atoms with E-state index in [0.717, 1.165) is 21.3 Å². The van der Waals surface area contributed by atoms with Crippen molar-refractivity contribution in [1.29, 1.82) is 0 Å². The number of anilines is 1. The van der Waals surface area contributed by atoms with Crippen LogP contribution in [0.4, 0.5) is 5.69 Å². The van der Waals surface area contributed by atoms with E-state index in [1.807, 2.05) is 18.2 Å². The number of rotatable bonds is 3. The largest absolute Gasteiger partial charge is 0.398 e. The van der Waals surface area contributed by atoms with Crippen molar-refractivity contribution in [2.45, 2.75) is 19.9 Å². The summed E-state index contributed by atoms with van der Waals surface area (Å²) < 4.78 is 0.987. The van der Waals surface area contributed by atoms with Gasteiger partial charge >= 0.3 is 0 Å². The highest BCUT2D eigenvalue weighted by Gasteiger charge is 2.16. The molecule has 0 saturated heterocycles. The zero-order valence-electron chi connectivity index (χ0n) is 11.1. The van der Waals surface area contributed by atoms with Gasteiger partial charge in [0.15, 0.2) is 0 Å². The number of nitrogens with two attached hydrogens (primary N) is 2. The highest BCUT2D eigenvalue weighted by atomic mass is 79.9. The minimum absolute atomic E-state index is 0.114. The molecule has 4 heteroatoms. The molecular weight excluding hydrogens is 302 g/mol. The van der Waals surface area contributed by atoms with Crippen LogP contribution in [0.5, 0.6) is 0 Å². The Balaban J connectivity index is 2.49. The van der Waals surface area contributed by atoms with Crippen molar-refractivity contribution in [2.24, 2.45) is 5.84 Å². The van der Waals surface area contributed by atoms with Gasteiger partial charge in [-0.3, -0.25) is 5.84 Å². The van der Waals surface area contributed by atoms with Crippen LogP contribution in [0.25, 0.3) is 0 Å². The van der Waals surface area contributed by atoms with Crippen LogP contribution in [0, 0.1) is 13.8 Å². The van der Waals surface area contributed by atoms with E-state index in [4.69, 9.17) is 11.6 Å². The Labute approximate surface area is 122 Å². The molecule has 0 heterocycles. The Kier molecular flexibility index (Phi) is 4.24. The van der Waals surface area contributed by atoms with Gasteiger partial charge < -0.3 is 5.73 Å². The number of benzene rings is 2. The molecule has 1 atom stereocenters. The molecule has 0 spiro atoms. The molecule has 0 saturated carbocycles. The first-order valence-corrected chi connectivity index (χ1v) is 6.90. The first-order chi connectivity index (χ1) is 9.02. The molecule has 3 nitrogen and oxygen atoms in total. The molecule has 0 aromatic heterocycles. The minimum atomic E-state index is -0.114. The fourth-order valence-corrected chi connectivity index (χ4v) is 2.48. The number of aryl methyl sites for hydroxylation is 2. The molecule has 0 bridgehead atoms. The number of hydrogen-bond donors (Lipinski definition) is 3. The Morgan fingerprint density at radius 1 is 1.05 bits per heavy atom. The molecular formula is C15H18BrN3. The molecule has 5 N–H and O–H groups in total. The third kappa shape index (κ3) is 2.97. The normalized spacial score (nSPS) is 12.4. The molecule has 0 aliphatic carbocycles. The van der Waals surface area contributed by atoms with Gasteiger partial charge in [0, 0.05) is 10.2 Å². The molecule has 0 amide bonds. The van der Waals surface area contributed by atoms with Gasteiger partial charge in [-0.2, -0.15) is 0 Å². The Morgan fingerprint density at radius 3 is 2.42 bits per heavy atom. The standard InChI is InChI=1S/C15H18BrN3/c1-9-3-4-11(7-10(9)2)15(19-18)13-8-12(16)5-6-14(13)17/h3-8,15,19H,17-18H2,1-2H3. The lowest BCUT2D eigenvalue weighted by molar-refractivity contribution is 0.637. The highest BCUT2D eigenvalue weighted by Crippen LogP contribution is 2.29. The minimum Gasteiger partial charge on any atom is -0.398 e. The number of hydrazine groups is 1. The van der Waals surface area contributed by atoms with E-state index >= 15 is 0 Å². The zero-order chi connectivity index (χ0) is 14.0. The van der Waals surface area contributed by atoms with Gasteiger partial charge in [0.05, 0.1) is 6.04 Å². The molecule has 2 rings (SSSR count). The summed E-state index contributed by atoms with van der Waals surface area (Å²) in [6.45, 7) is 4.19. The van der Waals surface area contributed by atoms with E-state index in [9.17, 15) is 0 Å². The van der Waals surface area contributed by atoms with Crippen LogP contribution in [0.3, 0.4) is 0 Å². The van der Waals surface area contributed by atoms with E-state index in [1.165, 1.54) is 11.1 Å². The highest BCUT2D eigenvalue weighted by molar-refractivity contribution is 9.10. The summed E-state index contributed by atoms with van der Waals surface area (Å²) in [4.78, 5) is 0. The predicted octanol–water partition coefficient (Wildman–Crippen LogP) is 3.20. The summed E-state index contributed by atoms with van der Waals surface area (Å²) in [5.41, 5.74) is 14.2. The van der Waals surface area contributed by atoms with Crippen molar-refractivity contribution < 1.29 is 0 Å². The second kappa shape index (κ2) is 5.74. The maximum absolute atomic E-state index is 6.05. The number of halogens is 1. The fourth-order valence-electron chi connectivity index (χ4n) is 2.11. The molecule has 0 aliphatic heterocycles.